The van der Waals surface area contributed by atoms with Crippen molar-refractivity contribution in [3.63, 3.8) is 0 Å². The molecule has 4 aromatic rings. The van der Waals surface area contributed by atoms with E-state index in [9.17, 15) is 19.8 Å². The number of hydrogen-bond donors (Lipinski definition) is 4. The van der Waals surface area contributed by atoms with Crippen LogP contribution in [0.15, 0.2) is 91.6 Å². The molecule has 0 aliphatic rings. The van der Waals surface area contributed by atoms with Crippen molar-refractivity contribution < 1.29 is 19.8 Å². The summed E-state index contributed by atoms with van der Waals surface area (Å²) in [7, 11) is 0. The molecule has 34 heavy (non-hydrogen) atoms. The van der Waals surface area contributed by atoms with Crippen LogP contribution >= 0.6 is 31.9 Å². The van der Waals surface area contributed by atoms with Crippen LogP contribution in [0.3, 0.4) is 0 Å². The zero-order valence-corrected chi connectivity index (χ0v) is 20.5. The number of hydrogen-bond acceptors (Lipinski definition) is 5. The summed E-state index contributed by atoms with van der Waals surface area (Å²) in [6.45, 7) is 0. The Bertz CT molecular complexity index is 1460. The first-order valence-corrected chi connectivity index (χ1v) is 11.4. The van der Waals surface area contributed by atoms with Crippen molar-refractivity contribution in [1.82, 2.24) is 10.3 Å². The second-order valence-electron chi connectivity index (χ2n) is 7.07. The first-order chi connectivity index (χ1) is 16.3. The molecule has 0 radical (unpaired) electrons. The molecule has 0 bridgehead atoms. The summed E-state index contributed by atoms with van der Waals surface area (Å²) in [4.78, 5) is 28.4. The van der Waals surface area contributed by atoms with Crippen LogP contribution in [0.25, 0.3) is 17.0 Å². The van der Waals surface area contributed by atoms with Crippen molar-refractivity contribution in [2.24, 2.45) is 10.2 Å². The van der Waals surface area contributed by atoms with Crippen molar-refractivity contribution in [1.29, 1.82) is 0 Å². The summed E-state index contributed by atoms with van der Waals surface area (Å²) in [6, 6.07) is 18.2. The predicted molar refractivity (Wildman–Crippen MR) is 135 cm³/mol. The molecule has 0 spiro atoms. The highest BCUT2D eigenvalue weighted by atomic mass is 79.9. The van der Waals surface area contributed by atoms with E-state index in [4.69, 9.17) is 0 Å². The van der Waals surface area contributed by atoms with Gasteiger partial charge in [-0.05, 0) is 52.3 Å². The largest absolute Gasteiger partial charge is 0.507 e. The van der Waals surface area contributed by atoms with E-state index in [-0.39, 0.29) is 23.0 Å². The maximum absolute atomic E-state index is 13.0. The Kier molecular flexibility index (Phi) is 6.90. The number of aromatic hydroxyl groups is 2. The van der Waals surface area contributed by atoms with Gasteiger partial charge in [-0.3, -0.25) is 9.59 Å². The molecule has 0 atom stereocenters. The third-order valence-electron chi connectivity index (χ3n) is 4.77. The average molecular weight is 584 g/mol. The molecule has 170 valence electrons. The number of amides is 2. The van der Waals surface area contributed by atoms with E-state index in [0.717, 1.165) is 4.47 Å². The monoisotopic (exact) mass is 582 g/mol. The van der Waals surface area contributed by atoms with Crippen LogP contribution in [-0.2, 0) is 4.79 Å². The van der Waals surface area contributed by atoms with E-state index >= 15 is 0 Å². The van der Waals surface area contributed by atoms with Crippen LogP contribution < -0.4 is 5.32 Å². The SMILES string of the molecule is O=C(N=Nc1c(O)[nH]c2c(Br)cc(Br)cc12)/C(=C\c1ccccc1O)NC(=O)c1ccccc1. The maximum Gasteiger partial charge on any atom is 0.311 e. The van der Waals surface area contributed by atoms with Gasteiger partial charge in [0.05, 0.1) is 5.52 Å². The number of phenolic OH excluding ortho intramolecular Hbond substituents is 1. The molecular formula is C24H16Br2N4O4. The molecular weight excluding hydrogens is 568 g/mol. The number of aromatic nitrogens is 1. The molecule has 0 unspecified atom stereocenters. The topological polar surface area (TPSA) is 127 Å². The van der Waals surface area contributed by atoms with Crippen molar-refractivity contribution in [3.8, 4) is 11.6 Å². The Labute approximate surface area is 210 Å². The van der Waals surface area contributed by atoms with Gasteiger partial charge in [-0.15, -0.1) is 10.2 Å². The number of nitrogens with one attached hydrogen (secondary N) is 2. The number of benzene rings is 3. The number of aromatic amines is 1. The van der Waals surface area contributed by atoms with Gasteiger partial charge in [0.25, 0.3) is 5.91 Å². The normalized spacial score (nSPS) is 11.8. The van der Waals surface area contributed by atoms with Crippen molar-refractivity contribution in [3.05, 3.63) is 92.5 Å². The van der Waals surface area contributed by atoms with Gasteiger partial charge in [0, 0.05) is 25.5 Å². The molecule has 4 rings (SSSR count). The number of azo groups is 1. The lowest BCUT2D eigenvalue weighted by Crippen LogP contribution is -2.26. The smallest absolute Gasteiger partial charge is 0.311 e. The van der Waals surface area contributed by atoms with Crippen LogP contribution in [0.4, 0.5) is 5.69 Å². The van der Waals surface area contributed by atoms with Crippen molar-refractivity contribution >= 4 is 66.3 Å². The van der Waals surface area contributed by atoms with Gasteiger partial charge < -0.3 is 20.5 Å². The van der Waals surface area contributed by atoms with E-state index in [0.29, 0.717) is 26.5 Å². The second kappa shape index (κ2) is 10.0. The molecule has 1 heterocycles. The Morgan fingerprint density at radius 3 is 2.41 bits per heavy atom. The summed E-state index contributed by atoms with van der Waals surface area (Å²) in [6.07, 6.45) is 1.31. The molecule has 1 aromatic heterocycles. The minimum atomic E-state index is -0.879. The zero-order valence-electron chi connectivity index (χ0n) is 17.3. The van der Waals surface area contributed by atoms with Crippen molar-refractivity contribution in [2.45, 2.75) is 0 Å². The fourth-order valence-electron chi connectivity index (χ4n) is 3.14. The average Bonchev–Trinajstić information content (AvgIpc) is 3.14. The first-order valence-electron chi connectivity index (χ1n) is 9.85. The third-order valence-corrected chi connectivity index (χ3v) is 5.85. The Hall–Kier alpha value is -3.76. The van der Waals surface area contributed by atoms with Gasteiger partial charge in [0.1, 0.15) is 11.4 Å². The van der Waals surface area contributed by atoms with E-state index < -0.39 is 11.8 Å². The highest BCUT2D eigenvalue weighted by Gasteiger charge is 2.18. The van der Waals surface area contributed by atoms with Crippen LogP contribution in [0.1, 0.15) is 15.9 Å². The molecule has 0 fully saturated rings. The first kappa shape index (κ1) is 23.4. The van der Waals surface area contributed by atoms with Crippen molar-refractivity contribution in [2.75, 3.05) is 0 Å². The van der Waals surface area contributed by atoms with Gasteiger partial charge in [-0.1, -0.05) is 52.3 Å². The summed E-state index contributed by atoms with van der Waals surface area (Å²) in [5.41, 5.74) is 1.06. The highest BCUT2D eigenvalue weighted by Crippen LogP contribution is 2.40. The third kappa shape index (κ3) is 5.08. The van der Waals surface area contributed by atoms with Gasteiger partial charge in [-0.2, -0.15) is 0 Å². The fraction of sp³-hybridized carbons (Fsp3) is 0. The molecule has 0 aliphatic heterocycles. The molecule has 0 aliphatic carbocycles. The van der Waals surface area contributed by atoms with Crippen LogP contribution in [0.2, 0.25) is 0 Å². The summed E-state index contributed by atoms with van der Waals surface area (Å²) in [5, 5.41) is 31.1. The van der Waals surface area contributed by atoms with Gasteiger partial charge in [0.15, 0.2) is 5.69 Å². The highest BCUT2D eigenvalue weighted by molar-refractivity contribution is 9.11. The quantitative estimate of drug-likeness (QED) is 0.165. The summed E-state index contributed by atoms with van der Waals surface area (Å²) in [5.74, 6) is -1.77. The number of para-hydroxylation sites is 1. The van der Waals surface area contributed by atoms with Crippen LogP contribution in [0.5, 0.6) is 11.6 Å². The zero-order chi connectivity index (χ0) is 24.2. The Morgan fingerprint density at radius 2 is 1.68 bits per heavy atom. The van der Waals surface area contributed by atoms with Crippen LogP contribution in [0, 0.1) is 0 Å². The lowest BCUT2D eigenvalue weighted by Gasteiger charge is -2.07. The van der Waals surface area contributed by atoms with E-state index in [1.54, 1.807) is 60.7 Å². The molecule has 3 aromatic carbocycles. The minimum Gasteiger partial charge on any atom is -0.507 e. The lowest BCUT2D eigenvalue weighted by molar-refractivity contribution is -0.115. The van der Waals surface area contributed by atoms with Gasteiger partial charge >= 0.3 is 5.91 Å². The van der Waals surface area contributed by atoms with E-state index in [1.165, 1.54) is 12.1 Å². The number of carbonyl (C=O) groups is 2. The molecule has 0 saturated carbocycles. The van der Waals surface area contributed by atoms with E-state index in [1.807, 2.05) is 0 Å². The minimum absolute atomic E-state index is 0.0571. The molecule has 8 nitrogen and oxygen atoms in total. The van der Waals surface area contributed by atoms with Crippen LogP contribution in [-0.4, -0.2) is 27.0 Å². The Morgan fingerprint density at radius 1 is 0.971 bits per heavy atom. The number of fused-ring (bicyclic) bond motifs is 1. The summed E-state index contributed by atoms with van der Waals surface area (Å²) < 4.78 is 1.40. The van der Waals surface area contributed by atoms with E-state index in [2.05, 4.69) is 52.4 Å². The number of halogens is 2. The van der Waals surface area contributed by atoms with Gasteiger partial charge in [-0.25, -0.2) is 0 Å². The number of carbonyl (C=O) groups excluding carboxylic acids is 2. The van der Waals surface area contributed by atoms with Gasteiger partial charge in [0.2, 0.25) is 5.88 Å². The standard InChI is InChI=1S/C24H16Br2N4O4/c25-15-11-16-20(17(26)12-15)28-24(34)21(16)29-30-23(33)18(10-14-8-4-5-9-19(14)31)27-22(32)13-6-2-1-3-7-13/h1-12,28,31,34H,(H,27,32)/b18-10+,30-29?. The molecule has 2 amide bonds. The second-order valence-corrected chi connectivity index (χ2v) is 8.84. The number of rotatable bonds is 5. The number of nitrogens with zero attached hydrogens (tertiary/aromatic N) is 2. The fourth-order valence-corrected chi connectivity index (χ4v) is 4.47. The Balaban J connectivity index is 1.71. The molecule has 0 saturated heterocycles. The predicted octanol–water partition coefficient (Wildman–Crippen LogP) is 6.19. The number of phenols is 1. The maximum atomic E-state index is 13.0. The molecule has 4 N–H and O–H groups in total. The number of H-pyrrole nitrogens is 1. The molecule has 10 heteroatoms. The lowest BCUT2D eigenvalue weighted by atomic mass is 10.1. The summed E-state index contributed by atoms with van der Waals surface area (Å²) >= 11 is 6.78.